The van der Waals surface area contributed by atoms with Crippen molar-refractivity contribution < 1.29 is 9.59 Å². The summed E-state index contributed by atoms with van der Waals surface area (Å²) in [6.45, 7) is 1.80. The molecule has 1 heterocycles. The van der Waals surface area contributed by atoms with Crippen molar-refractivity contribution in [2.75, 3.05) is 5.32 Å². The molecule has 1 aromatic carbocycles. The third kappa shape index (κ3) is 4.35. The third-order valence-corrected chi connectivity index (χ3v) is 4.52. The van der Waals surface area contributed by atoms with Gasteiger partial charge in [0.05, 0.1) is 0 Å². The molecule has 0 bridgehead atoms. The molecule has 3 rings (SSSR count). The van der Waals surface area contributed by atoms with Crippen LogP contribution in [0.3, 0.4) is 0 Å². The summed E-state index contributed by atoms with van der Waals surface area (Å²) in [6, 6.07) is 8.67. The molecule has 0 spiro atoms. The highest BCUT2D eigenvalue weighted by Gasteiger charge is 2.27. The Morgan fingerprint density at radius 2 is 2.00 bits per heavy atom. The van der Waals surface area contributed by atoms with E-state index in [-0.39, 0.29) is 24.3 Å². The van der Waals surface area contributed by atoms with Crippen molar-refractivity contribution in [3.63, 3.8) is 0 Å². The van der Waals surface area contributed by atoms with Crippen LogP contribution in [0.1, 0.15) is 47.5 Å². The van der Waals surface area contributed by atoms with Crippen LogP contribution in [0, 0.1) is 0 Å². The third-order valence-electron chi connectivity index (χ3n) is 3.52. The second-order valence-electron chi connectivity index (χ2n) is 5.71. The lowest BCUT2D eigenvalue weighted by atomic mass is 10.1. The number of carbonyl (C=O) groups is 2. The first-order chi connectivity index (χ1) is 11.1. The van der Waals surface area contributed by atoms with Gasteiger partial charge in [0.15, 0.2) is 0 Å². The molecule has 1 aromatic heterocycles. The molecule has 1 saturated carbocycles. The average Bonchev–Trinajstić information content (AvgIpc) is 3.28. The molecule has 120 valence electrons. The van der Waals surface area contributed by atoms with Crippen LogP contribution in [0.15, 0.2) is 30.3 Å². The van der Waals surface area contributed by atoms with Gasteiger partial charge in [0.25, 0.3) is 5.91 Å². The van der Waals surface area contributed by atoms with E-state index in [9.17, 15) is 9.59 Å². The van der Waals surface area contributed by atoms with E-state index >= 15 is 0 Å². The van der Waals surface area contributed by atoms with Crippen molar-refractivity contribution >= 4 is 28.3 Å². The van der Waals surface area contributed by atoms with Gasteiger partial charge in [-0.2, -0.15) is 0 Å². The van der Waals surface area contributed by atoms with Gasteiger partial charge in [-0.25, -0.2) is 0 Å². The van der Waals surface area contributed by atoms with Gasteiger partial charge in [-0.1, -0.05) is 29.5 Å². The smallest absolute Gasteiger partial charge is 0.251 e. The Morgan fingerprint density at radius 3 is 2.70 bits per heavy atom. The molecule has 6 nitrogen and oxygen atoms in total. The number of nitrogens with one attached hydrogen (secondary N) is 2. The van der Waals surface area contributed by atoms with Crippen molar-refractivity contribution in [2.45, 2.75) is 38.1 Å². The number of hydrogen-bond acceptors (Lipinski definition) is 5. The number of aromatic nitrogens is 2. The predicted octanol–water partition coefficient (Wildman–Crippen LogP) is 2.56. The average molecular weight is 330 g/mol. The second-order valence-corrected chi connectivity index (χ2v) is 6.72. The normalized spacial score (nSPS) is 15.0. The van der Waals surface area contributed by atoms with Gasteiger partial charge >= 0.3 is 0 Å². The van der Waals surface area contributed by atoms with E-state index in [2.05, 4.69) is 20.8 Å². The number of carbonyl (C=O) groups excluding carboxylic acids is 2. The zero-order valence-electron chi connectivity index (χ0n) is 12.8. The van der Waals surface area contributed by atoms with Gasteiger partial charge in [0.1, 0.15) is 5.01 Å². The fourth-order valence-corrected chi connectivity index (χ4v) is 3.11. The quantitative estimate of drug-likeness (QED) is 0.852. The van der Waals surface area contributed by atoms with Gasteiger partial charge in [0, 0.05) is 23.9 Å². The Bertz CT molecular complexity index is 697. The molecule has 23 heavy (non-hydrogen) atoms. The van der Waals surface area contributed by atoms with Gasteiger partial charge in [-0.3, -0.25) is 9.59 Å². The van der Waals surface area contributed by atoms with Crippen molar-refractivity contribution in [3.05, 3.63) is 40.9 Å². The highest BCUT2D eigenvalue weighted by atomic mass is 32.1. The molecular weight excluding hydrogens is 312 g/mol. The summed E-state index contributed by atoms with van der Waals surface area (Å²) in [7, 11) is 0. The summed E-state index contributed by atoms with van der Waals surface area (Å²) in [4.78, 5) is 24.0. The van der Waals surface area contributed by atoms with Gasteiger partial charge in [-0.15, -0.1) is 10.2 Å². The van der Waals surface area contributed by atoms with E-state index in [1.54, 1.807) is 31.2 Å². The molecule has 1 fully saturated rings. The first-order valence-electron chi connectivity index (χ1n) is 7.61. The van der Waals surface area contributed by atoms with Crippen LogP contribution >= 0.6 is 11.3 Å². The zero-order valence-corrected chi connectivity index (χ0v) is 13.6. The molecule has 2 N–H and O–H groups in total. The van der Waals surface area contributed by atoms with Crippen LogP contribution in [-0.4, -0.2) is 28.1 Å². The Hall–Kier alpha value is -2.28. The lowest BCUT2D eigenvalue weighted by Gasteiger charge is -2.13. The Morgan fingerprint density at radius 1 is 1.26 bits per heavy atom. The molecule has 1 aliphatic carbocycles. The maximum atomic E-state index is 12.0. The first-order valence-corrected chi connectivity index (χ1v) is 8.42. The first kappa shape index (κ1) is 15.6. The van der Waals surface area contributed by atoms with E-state index in [0.29, 0.717) is 16.6 Å². The van der Waals surface area contributed by atoms with Crippen molar-refractivity contribution in [1.82, 2.24) is 15.5 Å². The van der Waals surface area contributed by atoms with Crippen molar-refractivity contribution in [3.8, 4) is 0 Å². The summed E-state index contributed by atoms with van der Waals surface area (Å²) in [5, 5.41) is 15.1. The van der Waals surface area contributed by atoms with E-state index in [0.717, 1.165) is 17.8 Å². The molecule has 0 aliphatic heterocycles. The van der Waals surface area contributed by atoms with E-state index in [4.69, 9.17) is 0 Å². The Labute approximate surface area is 138 Å². The second kappa shape index (κ2) is 6.87. The molecule has 7 heteroatoms. The molecule has 1 unspecified atom stereocenters. The lowest BCUT2D eigenvalue weighted by molar-refractivity contribution is -0.116. The summed E-state index contributed by atoms with van der Waals surface area (Å²) in [5.41, 5.74) is 0.581. The maximum absolute atomic E-state index is 12.0. The van der Waals surface area contributed by atoms with Gasteiger partial charge in [0.2, 0.25) is 11.0 Å². The highest BCUT2D eigenvalue weighted by molar-refractivity contribution is 7.15. The summed E-state index contributed by atoms with van der Waals surface area (Å²) < 4.78 is 0. The number of anilines is 1. The van der Waals surface area contributed by atoms with E-state index in [1.165, 1.54) is 11.3 Å². The minimum Gasteiger partial charge on any atom is -0.349 e. The summed E-state index contributed by atoms with van der Waals surface area (Å²) >= 11 is 1.43. The minimum atomic E-state index is -0.265. The SMILES string of the molecule is CC(CC(=O)Nc1nnc(C2CC2)s1)NC(=O)c1ccccc1. The highest BCUT2D eigenvalue weighted by Crippen LogP contribution is 2.42. The molecule has 1 atom stereocenters. The van der Waals surface area contributed by atoms with Gasteiger partial charge < -0.3 is 10.6 Å². The van der Waals surface area contributed by atoms with E-state index < -0.39 is 0 Å². The lowest BCUT2D eigenvalue weighted by Crippen LogP contribution is -2.35. The Kier molecular flexibility index (Phi) is 4.66. The van der Waals surface area contributed by atoms with Crippen LogP contribution in [0.25, 0.3) is 0 Å². The van der Waals surface area contributed by atoms with Crippen molar-refractivity contribution in [1.29, 1.82) is 0 Å². The standard InChI is InChI=1S/C16H18N4O2S/c1-10(17-14(22)11-5-3-2-4-6-11)9-13(21)18-16-20-19-15(23-16)12-7-8-12/h2-6,10,12H,7-9H2,1H3,(H,17,22)(H,18,20,21). The topological polar surface area (TPSA) is 84.0 Å². The largest absolute Gasteiger partial charge is 0.349 e. The number of nitrogens with zero attached hydrogens (tertiary/aromatic N) is 2. The number of amides is 2. The molecular formula is C16H18N4O2S. The van der Waals surface area contributed by atoms with E-state index in [1.807, 2.05) is 6.07 Å². The molecule has 0 saturated heterocycles. The monoisotopic (exact) mass is 330 g/mol. The molecule has 2 aromatic rings. The number of hydrogen-bond donors (Lipinski definition) is 2. The molecule has 2 amide bonds. The molecule has 0 radical (unpaired) electrons. The predicted molar refractivity (Wildman–Crippen MR) is 88.5 cm³/mol. The van der Waals surface area contributed by atoms with Gasteiger partial charge in [-0.05, 0) is 31.9 Å². The van der Waals surface area contributed by atoms with Crippen LogP contribution in [0.4, 0.5) is 5.13 Å². The van der Waals surface area contributed by atoms with Crippen LogP contribution in [0.2, 0.25) is 0 Å². The fourth-order valence-electron chi connectivity index (χ4n) is 2.18. The summed E-state index contributed by atoms with van der Waals surface area (Å²) in [6.07, 6.45) is 2.51. The maximum Gasteiger partial charge on any atom is 0.251 e. The van der Waals surface area contributed by atoms with Crippen molar-refractivity contribution in [2.24, 2.45) is 0 Å². The summed E-state index contributed by atoms with van der Waals surface area (Å²) in [5.74, 6) is 0.171. The fraction of sp³-hybridized carbons (Fsp3) is 0.375. The molecule has 1 aliphatic rings. The number of rotatable bonds is 6. The zero-order chi connectivity index (χ0) is 16.2. The minimum absolute atomic E-state index is 0.177. The van der Waals surface area contributed by atoms with Crippen LogP contribution in [0.5, 0.6) is 0 Å². The number of benzene rings is 1. The van der Waals surface area contributed by atoms with Crippen LogP contribution < -0.4 is 10.6 Å². The van der Waals surface area contributed by atoms with Crippen LogP contribution in [-0.2, 0) is 4.79 Å². The Balaban J connectivity index is 1.47.